The lowest BCUT2D eigenvalue weighted by molar-refractivity contribution is 0.238. The normalized spacial score (nSPS) is 16.8. The lowest BCUT2D eigenvalue weighted by Crippen LogP contribution is -2.47. The number of nitrogens with one attached hydrogen (secondary N) is 2. The van der Waals surface area contributed by atoms with Crippen LogP contribution in [0.2, 0.25) is 0 Å². The highest BCUT2D eigenvalue weighted by Crippen LogP contribution is 2.24. The Morgan fingerprint density at radius 3 is 2.27 bits per heavy atom. The van der Waals surface area contributed by atoms with Crippen molar-refractivity contribution >= 4 is 21.7 Å². The lowest BCUT2D eigenvalue weighted by Gasteiger charge is -2.31. The van der Waals surface area contributed by atoms with E-state index in [1.54, 1.807) is 12.1 Å². The summed E-state index contributed by atoms with van der Waals surface area (Å²) < 4.78 is 40.3. The third kappa shape index (κ3) is 5.37. The van der Waals surface area contributed by atoms with E-state index in [2.05, 4.69) is 24.5 Å². The number of carbonyl (C=O) groups is 1. The monoisotopic (exact) mass is 433 g/mol. The molecule has 30 heavy (non-hydrogen) atoms. The molecule has 0 unspecified atom stereocenters. The van der Waals surface area contributed by atoms with Crippen molar-refractivity contribution in [2.75, 3.05) is 18.4 Å². The molecular weight excluding hydrogens is 405 g/mol. The van der Waals surface area contributed by atoms with Gasteiger partial charge in [-0.3, -0.25) is 0 Å². The molecule has 6 nitrogen and oxygen atoms in total. The van der Waals surface area contributed by atoms with Crippen LogP contribution in [0.3, 0.4) is 0 Å². The zero-order valence-corrected chi connectivity index (χ0v) is 18.1. The maximum absolute atomic E-state index is 12.9. The fourth-order valence-corrected chi connectivity index (χ4v) is 4.95. The van der Waals surface area contributed by atoms with Crippen LogP contribution in [0.15, 0.2) is 53.4 Å². The summed E-state index contributed by atoms with van der Waals surface area (Å²) in [5.74, 6) is 0.0219. The van der Waals surface area contributed by atoms with Crippen molar-refractivity contribution in [3.05, 3.63) is 59.9 Å². The van der Waals surface area contributed by atoms with E-state index < -0.39 is 10.0 Å². The highest BCUT2D eigenvalue weighted by molar-refractivity contribution is 7.89. The number of sulfonamides is 1. The Morgan fingerprint density at radius 2 is 1.70 bits per heavy atom. The number of halogens is 1. The van der Waals surface area contributed by atoms with E-state index in [1.165, 1.54) is 28.6 Å². The first-order valence-electron chi connectivity index (χ1n) is 10.2. The van der Waals surface area contributed by atoms with E-state index in [4.69, 9.17) is 0 Å². The molecule has 2 N–H and O–H groups in total. The van der Waals surface area contributed by atoms with E-state index in [1.807, 2.05) is 12.1 Å². The number of nitrogens with zero attached hydrogens (tertiary/aromatic N) is 1. The summed E-state index contributed by atoms with van der Waals surface area (Å²) in [4.78, 5) is 12.4. The second-order valence-corrected chi connectivity index (χ2v) is 9.60. The molecule has 0 spiro atoms. The average Bonchev–Trinajstić information content (AvgIpc) is 2.75. The highest BCUT2D eigenvalue weighted by atomic mass is 32.2. The minimum absolute atomic E-state index is 0.121. The maximum atomic E-state index is 12.9. The van der Waals surface area contributed by atoms with Gasteiger partial charge in [-0.05, 0) is 67.1 Å². The Labute approximate surface area is 177 Å². The van der Waals surface area contributed by atoms with Gasteiger partial charge in [-0.15, -0.1) is 0 Å². The van der Waals surface area contributed by atoms with Crippen LogP contribution in [0.25, 0.3) is 0 Å². The van der Waals surface area contributed by atoms with Gasteiger partial charge in [0.05, 0.1) is 4.90 Å². The molecule has 0 aromatic heterocycles. The molecule has 2 aromatic carbocycles. The molecule has 1 atom stereocenters. The minimum Gasteiger partial charge on any atom is -0.335 e. The van der Waals surface area contributed by atoms with Gasteiger partial charge in [0.2, 0.25) is 10.0 Å². The second kappa shape index (κ2) is 9.57. The topological polar surface area (TPSA) is 78.5 Å². The van der Waals surface area contributed by atoms with Crippen molar-refractivity contribution in [3.8, 4) is 0 Å². The highest BCUT2D eigenvalue weighted by Gasteiger charge is 2.30. The summed E-state index contributed by atoms with van der Waals surface area (Å²) in [6.07, 6.45) is 2.06. The van der Waals surface area contributed by atoms with Crippen LogP contribution in [-0.2, 0) is 10.0 Å². The zero-order chi connectivity index (χ0) is 21.7. The summed E-state index contributed by atoms with van der Waals surface area (Å²) >= 11 is 0. The molecule has 0 bridgehead atoms. The Hall–Kier alpha value is -2.45. The lowest BCUT2D eigenvalue weighted by atomic mass is 9.99. The number of amides is 2. The number of carbonyl (C=O) groups excluding carboxylic acids is 1. The van der Waals surface area contributed by atoms with Gasteiger partial charge in [-0.25, -0.2) is 17.6 Å². The van der Waals surface area contributed by atoms with Crippen LogP contribution in [-0.4, -0.2) is 37.9 Å². The van der Waals surface area contributed by atoms with Gasteiger partial charge in [0.15, 0.2) is 0 Å². The molecule has 3 rings (SSSR count). The molecule has 1 aliphatic rings. The summed E-state index contributed by atoms with van der Waals surface area (Å²) in [6.45, 7) is 4.91. The SMILES string of the molecule is CC[C@@H](C)c1ccc(S(=O)(=O)N2CCC(NC(=O)Nc3ccc(F)cc3)CC2)cc1. The fraction of sp³-hybridized carbons (Fsp3) is 0.409. The van der Waals surface area contributed by atoms with Crippen LogP contribution >= 0.6 is 0 Å². The smallest absolute Gasteiger partial charge is 0.319 e. The van der Waals surface area contributed by atoms with Crippen molar-refractivity contribution in [2.24, 2.45) is 0 Å². The summed E-state index contributed by atoms with van der Waals surface area (Å²) in [5.41, 5.74) is 1.63. The van der Waals surface area contributed by atoms with Crippen LogP contribution in [0.1, 0.15) is 44.6 Å². The molecule has 0 saturated carbocycles. The first kappa shape index (κ1) is 22.2. The van der Waals surface area contributed by atoms with Crippen molar-refractivity contribution in [3.63, 3.8) is 0 Å². The van der Waals surface area contributed by atoms with Gasteiger partial charge < -0.3 is 10.6 Å². The van der Waals surface area contributed by atoms with Gasteiger partial charge in [0.1, 0.15) is 5.82 Å². The fourth-order valence-electron chi connectivity index (χ4n) is 3.48. The van der Waals surface area contributed by atoms with Gasteiger partial charge in [0.25, 0.3) is 0 Å². The Balaban J connectivity index is 1.54. The number of hydrogen-bond donors (Lipinski definition) is 2. The molecule has 0 radical (unpaired) electrons. The van der Waals surface area contributed by atoms with Gasteiger partial charge in [-0.1, -0.05) is 26.0 Å². The van der Waals surface area contributed by atoms with Gasteiger partial charge in [-0.2, -0.15) is 4.31 Å². The van der Waals surface area contributed by atoms with Crippen molar-refractivity contribution in [1.29, 1.82) is 0 Å². The minimum atomic E-state index is -3.55. The molecule has 1 heterocycles. The molecule has 0 aliphatic carbocycles. The van der Waals surface area contributed by atoms with E-state index in [9.17, 15) is 17.6 Å². The molecule has 1 saturated heterocycles. The number of anilines is 1. The zero-order valence-electron chi connectivity index (χ0n) is 17.3. The molecule has 1 fully saturated rings. The molecule has 2 aromatic rings. The predicted octanol–water partition coefficient (Wildman–Crippen LogP) is 4.31. The predicted molar refractivity (Wildman–Crippen MR) is 115 cm³/mol. The van der Waals surface area contributed by atoms with E-state index in [0.29, 0.717) is 42.4 Å². The summed E-state index contributed by atoms with van der Waals surface area (Å²) in [7, 11) is -3.55. The van der Waals surface area contributed by atoms with Crippen LogP contribution in [0, 0.1) is 5.82 Å². The summed E-state index contributed by atoms with van der Waals surface area (Å²) in [5, 5.41) is 5.51. The largest absolute Gasteiger partial charge is 0.335 e. The molecule has 162 valence electrons. The average molecular weight is 434 g/mol. The van der Waals surface area contributed by atoms with Crippen molar-refractivity contribution in [1.82, 2.24) is 9.62 Å². The first-order chi connectivity index (χ1) is 14.3. The van der Waals surface area contributed by atoms with E-state index in [0.717, 1.165) is 12.0 Å². The Morgan fingerprint density at radius 1 is 1.10 bits per heavy atom. The van der Waals surface area contributed by atoms with Gasteiger partial charge >= 0.3 is 6.03 Å². The number of hydrogen-bond acceptors (Lipinski definition) is 3. The van der Waals surface area contributed by atoms with Crippen molar-refractivity contribution < 1.29 is 17.6 Å². The van der Waals surface area contributed by atoms with Crippen LogP contribution in [0.4, 0.5) is 14.9 Å². The third-order valence-corrected chi connectivity index (χ3v) is 7.50. The Kier molecular flexibility index (Phi) is 7.10. The van der Waals surface area contributed by atoms with E-state index >= 15 is 0 Å². The number of urea groups is 1. The number of rotatable bonds is 6. The van der Waals surface area contributed by atoms with Crippen LogP contribution < -0.4 is 10.6 Å². The number of piperidine rings is 1. The maximum Gasteiger partial charge on any atom is 0.319 e. The molecule has 2 amide bonds. The van der Waals surface area contributed by atoms with Crippen LogP contribution in [0.5, 0.6) is 0 Å². The van der Waals surface area contributed by atoms with E-state index in [-0.39, 0.29) is 17.9 Å². The second-order valence-electron chi connectivity index (χ2n) is 7.66. The molecule has 1 aliphatic heterocycles. The molecule has 8 heteroatoms. The summed E-state index contributed by atoms with van der Waals surface area (Å²) in [6, 6.07) is 12.1. The quantitative estimate of drug-likeness (QED) is 0.712. The number of benzene rings is 2. The third-order valence-electron chi connectivity index (χ3n) is 5.59. The van der Waals surface area contributed by atoms with Crippen molar-refractivity contribution in [2.45, 2.75) is 50.0 Å². The Bertz CT molecular complexity index is 954. The van der Waals surface area contributed by atoms with Gasteiger partial charge in [0, 0.05) is 24.8 Å². The first-order valence-corrected chi connectivity index (χ1v) is 11.7. The molecular formula is C22H28FN3O3S. The standard InChI is InChI=1S/C22H28FN3O3S/c1-3-16(2)17-4-10-21(11-5-17)30(28,29)26-14-12-20(13-15-26)25-22(27)24-19-8-6-18(23)7-9-19/h4-11,16,20H,3,12-15H2,1-2H3,(H2,24,25,27)/t16-/m1/s1.